The van der Waals surface area contributed by atoms with Crippen LogP contribution in [0.3, 0.4) is 0 Å². The molecule has 0 atom stereocenters. The summed E-state index contributed by atoms with van der Waals surface area (Å²) in [5, 5.41) is 11.5. The molecule has 7 heteroatoms. The summed E-state index contributed by atoms with van der Waals surface area (Å²) in [5.74, 6) is 0.726. The molecule has 2 N–H and O–H groups in total. The summed E-state index contributed by atoms with van der Waals surface area (Å²) in [6.45, 7) is 3.19. The second-order valence-corrected chi connectivity index (χ2v) is 7.39. The van der Waals surface area contributed by atoms with E-state index in [0.29, 0.717) is 23.8 Å². The Kier molecular flexibility index (Phi) is 5.50. The van der Waals surface area contributed by atoms with Gasteiger partial charge in [-0.1, -0.05) is 17.7 Å². The largest absolute Gasteiger partial charge is 0.340 e. The lowest BCUT2D eigenvalue weighted by atomic mass is 10.1. The molecule has 0 amide bonds. The molecule has 1 fully saturated rings. The van der Waals surface area contributed by atoms with E-state index < -0.39 is 5.82 Å². The smallest absolute Gasteiger partial charge is 0.142 e. The molecule has 4 rings (SSSR count). The van der Waals surface area contributed by atoms with E-state index in [2.05, 4.69) is 32.3 Å². The predicted octanol–water partition coefficient (Wildman–Crippen LogP) is 4.95. The number of likely N-dealkylation sites (tertiary alicyclic amines) is 1. The summed E-state index contributed by atoms with van der Waals surface area (Å²) in [6, 6.07) is 10.7. The molecule has 3 aromatic rings. The molecule has 1 saturated heterocycles. The van der Waals surface area contributed by atoms with Crippen LogP contribution in [0.1, 0.15) is 24.2 Å². The van der Waals surface area contributed by atoms with E-state index in [1.165, 1.54) is 36.8 Å². The molecule has 0 saturated carbocycles. The SMILES string of the molecule is N=CCc1nc(Nc2ccc(F)c(Cl)c2)c2ccc(CN3CCCC3)cc2n1. The summed E-state index contributed by atoms with van der Waals surface area (Å²) in [5.41, 5.74) is 2.69. The van der Waals surface area contributed by atoms with Crippen LogP contribution in [0.4, 0.5) is 15.9 Å². The summed E-state index contributed by atoms with van der Waals surface area (Å²) in [6.07, 6.45) is 4.15. The van der Waals surface area contributed by atoms with Crippen molar-refractivity contribution in [2.45, 2.75) is 25.8 Å². The number of rotatable bonds is 6. The molecular weight excluding hydrogens is 377 g/mol. The summed E-state index contributed by atoms with van der Waals surface area (Å²) < 4.78 is 13.5. The molecule has 1 aromatic heterocycles. The molecule has 1 aliphatic rings. The van der Waals surface area contributed by atoms with Gasteiger partial charge in [0.1, 0.15) is 17.5 Å². The lowest BCUT2D eigenvalue weighted by Crippen LogP contribution is -2.18. The van der Waals surface area contributed by atoms with Crippen molar-refractivity contribution < 1.29 is 4.39 Å². The van der Waals surface area contributed by atoms with Gasteiger partial charge in [0.2, 0.25) is 0 Å². The van der Waals surface area contributed by atoms with Crippen LogP contribution >= 0.6 is 11.6 Å². The van der Waals surface area contributed by atoms with Gasteiger partial charge < -0.3 is 10.7 Å². The highest BCUT2D eigenvalue weighted by Crippen LogP contribution is 2.28. The number of hydrogen-bond donors (Lipinski definition) is 2. The van der Waals surface area contributed by atoms with Crippen LogP contribution in [0.25, 0.3) is 10.9 Å². The van der Waals surface area contributed by atoms with Crippen molar-refractivity contribution in [3.63, 3.8) is 0 Å². The van der Waals surface area contributed by atoms with Crippen molar-refractivity contribution in [2.75, 3.05) is 18.4 Å². The van der Waals surface area contributed by atoms with Gasteiger partial charge in [0.05, 0.1) is 10.5 Å². The van der Waals surface area contributed by atoms with Gasteiger partial charge in [0.25, 0.3) is 0 Å². The first-order valence-electron chi connectivity index (χ1n) is 9.35. The second-order valence-electron chi connectivity index (χ2n) is 6.99. The van der Waals surface area contributed by atoms with Gasteiger partial charge >= 0.3 is 0 Å². The van der Waals surface area contributed by atoms with Gasteiger partial charge in [-0.3, -0.25) is 4.90 Å². The Morgan fingerprint density at radius 2 is 1.96 bits per heavy atom. The lowest BCUT2D eigenvalue weighted by molar-refractivity contribution is 0.331. The Balaban J connectivity index is 1.70. The van der Waals surface area contributed by atoms with Gasteiger partial charge in [0.15, 0.2) is 0 Å². The third-order valence-corrected chi connectivity index (χ3v) is 5.17. The van der Waals surface area contributed by atoms with E-state index >= 15 is 0 Å². The highest BCUT2D eigenvalue weighted by molar-refractivity contribution is 6.31. The molecular formula is C21H21ClFN5. The first-order chi connectivity index (χ1) is 13.6. The van der Waals surface area contributed by atoms with E-state index in [1.807, 2.05) is 6.07 Å². The number of hydrogen-bond acceptors (Lipinski definition) is 5. The number of aromatic nitrogens is 2. The third-order valence-electron chi connectivity index (χ3n) is 4.88. The first-order valence-corrected chi connectivity index (χ1v) is 9.73. The first kappa shape index (κ1) is 18.8. The van der Waals surface area contributed by atoms with Gasteiger partial charge in [-0.15, -0.1) is 0 Å². The second kappa shape index (κ2) is 8.20. The average Bonchev–Trinajstić information content (AvgIpc) is 3.18. The highest BCUT2D eigenvalue weighted by Gasteiger charge is 2.14. The minimum absolute atomic E-state index is 0.0518. The molecule has 2 aromatic carbocycles. The Bertz CT molecular complexity index is 1020. The van der Waals surface area contributed by atoms with E-state index in [1.54, 1.807) is 6.07 Å². The maximum Gasteiger partial charge on any atom is 0.142 e. The maximum atomic E-state index is 13.5. The minimum atomic E-state index is -0.462. The van der Waals surface area contributed by atoms with Crippen molar-refractivity contribution in [2.24, 2.45) is 0 Å². The zero-order valence-electron chi connectivity index (χ0n) is 15.4. The van der Waals surface area contributed by atoms with Gasteiger partial charge in [-0.2, -0.15) is 0 Å². The molecule has 0 spiro atoms. The summed E-state index contributed by atoms with van der Waals surface area (Å²) in [4.78, 5) is 11.6. The Hall–Kier alpha value is -2.57. The molecule has 0 bridgehead atoms. The fraction of sp³-hybridized carbons (Fsp3) is 0.286. The predicted molar refractivity (Wildman–Crippen MR) is 111 cm³/mol. The standard InChI is InChI=1S/C21H21ClFN5/c22-17-12-15(4-6-18(17)23)25-21-16-5-3-14(13-28-9-1-2-10-28)11-19(16)26-20(27-21)7-8-24/h3-6,8,11-12,24H,1-2,7,9-10,13H2,(H,25,26,27). The van der Waals surface area contributed by atoms with Crippen LogP contribution in [0, 0.1) is 11.2 Å². The number of halogens is 2. The quantitative estimate of drug-likeness (QED) is 0.577. The van der Waals surface area contributed by atoms with Crippen molar-refractivity contribution in [3.8, 4) is 0 Å². The summed E-state index contributed by atoms with van der Waals surface area (Å²) >= 11 is 5.90. The monoisotopic (exact) mass is 397 g/mol. The van der Waals surface area contributed by atoms with Crippen LogP contribution in [-0.2, 0) is 13.0 Å². The average molecular weight is 398 g/mol. The molecule has 1 aliphatic heterocycles. The van der Waals surface area contributed by atoms with Crippen molar-refractivity contribution >= 4 is 40.2 Å². The van der Waals surface area contributed by atoms with Gasteiger partial charge in [-0.25, -0.2) is 14.4 Å². The molecule has 2 heterocycles. The molecule has 0 radical (unpaired) electrons. The van der Waals surface area contributed by atoms with Crippen molar-refractivity contribution in [1.29, 1.82) is 5.41 Å². The number of nitrogens with one attached hydrogen (secondary N) is 2. The third kappa shape index (κ3) is 4.13. The highest BCUT2D eigenvalue weighted by atomic mass is 35.5. The van der Waals surface area contributed by atoms with E-state index in [4.69, 9.17) is 17.0 Å². The van der Waals surface area contributed by atoms with E-state index in [9.17, 15) is 4.39 Å². The Labute approximate surface area is 168 Å². The summed E-state index contributed by atoms with van der Waals surface area (Å²) in [7, 11) is 0. The number of benzene rings is 2. The number of nitrogens with zero attached hydrogens (tertiary/aromatic N) is 3. The van der Waals surface area contributed by atoms with Crippen LogP contribution in [0.2, 0.25) is 5.02 Å². The zero-order chi connectivity index (χ0) is 19.5. The maximum absolute atomic E-state index is 13.5. The Morgan fingerprint density at radius 1 is 1.14 bits per heavy atom. The van der Waals surface area contributed by atoms with Crippen LogP contribution in [0.5, 0.6) is 0 Å². The van der Waals surface area contributed by atoms with E-state index in [0.717, 1.165) is 30.5 Å². The fourth-order valence-electron chi connectivity index (χ4n) is 3.51. The van der Waals surface area contributed by atoms with Crippen molar-refractivity contribution in [1.82, 2.24) is 14.9 Å². The normalized spacial score (nSPS) is 14.5. The Morgan fingerprint density at radius 3 is 2.71 bits per heavy atom. The van der Waals surface area contributed by atoms with Gasteiger partial charge in [-0.05, 0) is 61.8 Å². The van der Waals surface area contributed by atoms with Crippen LogP contribution in [0.15, 0.2) is 36.4 Å². The zero-order valence-corrected chi connectivity index (χ0v) is 16.1. The van der Waals surface area contributed by atoms with Gasteiger partial charge in [0, 0.05) is 30.3 Å². The topological polar surface area (TPSA) is 64.9 Å². The van der Waals surface area contributed by atoms with E-state index in [-0.39, 0.29) is 5.02 Å². The van der Waals surface area contributed by atoms with Crippen molar-refractivity contribution in [3.05, 3.63) is 58.6 Å². The molecule has 0 unspecified atom stereocenters. The lowest BCUT2D eigenvalue weighted by Gasteiger charge is -2.16. The van der Waals surface area contributed by atoms with Crippen LogP contribution < -0.4 is 5.32 Å². The number of anilines is 2. The number of fused-ring (bicyclic) bond motifs is 1. The molecule has 144 valence electrons. The molecule has 5 nitrogen and oxygen atoms in total. The molecule has 28 heavy (non-hydrogen) atoms. The minimum Gasteiger partial charge on any atom is -0.340 e. The molecule has 0 aliphatic carbocycles. The van der Waals surface area contributed by atoms with Crippen LogP contribution in [-0.4, -0.2) is 34.2 Å². The fourth-order valence-corrected chi connectivity index (χ4v) is 3.69.